The van der Waals surface area contributed by atoms with Crippen molar-refractivity contribution in [1.82, 2.24) is 0 Å². The molecule has 58 valence electrons. The van der Waals surface area contributed by atoms with Crippen molar-refractivity contribution in [2.45, 2.75) is 33.6 Å². The number of nitrogens with two attached hydrogens (primary N) is 1. The molecule has 10 heavy (non-hydrogen) atoms. The molecule has 0 heterocycles. The van der Waals surface area contributed by atoms with Gasteiger partial charge in [0.1, 0.15) is 0 Å². The second kappa shape index (κ2) is 5.10. The summed E-state index contributed by atoms with van der Waals surface area (Å²) in [5.74, 6) is 0. The van der Waals surface area contributed by atoms with Crippen LogP contribution < -0.4 is 5.73 Å². The summed E-state index contributed by atoms with van der Waals surface area (Å²) in [6, 6.07) is 0. The van der Waals surface area contributed by atoms with Crippen molar-refractivity contribution in [1.29, 1.82) is 0 Å². The molecule has 0 bridgehead atoms. The first kappa shape index (κ1) is 9.28. The summed E-state index contributed by atoms with van der Waals surface area (Å²) in [5, 5.41) is 0. The van der Waals surface area contributed by atoms with Crippen molar-refractivity contribution in [3.63, 3.8) is 0 Å². The standard InChI is InChI=1S/C9H17N/c1-4-6-9(5-2)7-8(3)10/h6-7H,4-5,10H2,1-3H3/b8-7+,9-6-. The molecule has 0 aromatic carbocycles. The zero-order valence-corrected chi connectivity index (χ0v) is 7.15. The van der Waals surface area contributed by atoms with Crippen LogP contribution in [0.5, 0.6) is 0 Å². The molecule has 2 N–H and O–H groups in total. The number of hydrogen-bond donors (Lipinski definition) is 1. The molecule has 0 aromatic rings. The van der Waals surface area contributed by atoms with Gasteiger partial charge in [-0.25, -0.2) is 0 Å². The highest BCUT2D eigenvalue weighted by Gasteiger charge is 1.86. The van der Waals surface area contributed by atoms with Crippen LogP contribution in [0.1, 0.15) is 33.6 Å². The van der Waals surface area contributed by atoms with Crippen LogP contribution in [-0.2, 0) is 0 Å². The number of hydrogen-bond acceptors (Lipinski definition) is 1. The SMILES string of the molecule is CC/C=C(\C=C(/C)N)CC. The molecule has 1 nitrogen and oxygen atoms in total. The summed E-state index contributed by atoms with van der Waals surface area (Å²) in [5.41, 5.74) is 7.75. The molecule has 0 unspecified atom stereocenters. The fraction of sp³-hybridized carbons (Fsp3) is 0.556. The van der Waals surface area contributed by atoms with E-state index in [-0.39, 0.29) is 0 Å². The largest absolute Gasteiger partial charge is 0.402 e. The average molecular weight is 139 g/mol. The second-order valence-electron chi connectivity index (χ2n) is 2.43. The van der Waals surface area contributed by atoms with E-state index < -0.39 is 0 Å². The highest BCUT2D eigenvalue weighted by Crippen LogP contribution is 2.04. The minimum atomic E-state index is 0.890. The van der Waals surface area contributed by atoms with Gasteiger partial charge in [0.2, 0.25) is 0 Å². The minimum Gasteiger partial charge on any atom is -0.402 e. The summed E-state index contributed by atoms with van der Waals surface area (Å²) < 4.78 is 0. The second-order valence-corrected chi connectivity index (χ2v) is 2.43. The van der Waals surface area contributed by atoms with Crippen molar-refractivity contribution in [3.05, 3.63) is 23.4 Å². The van der Waals surface area contributed by atoms with Gasteiger partial charge in [-0.3, -0.25) is 0 Å². The Morgan fingerprint density at radius 2 is 2.00 bits per heavy atom. The lowest BCUT2D eigenvalue weighted by Crippen LogP contribution is -1.90. The van der Waals surface area contributed by atoms with Crippen LogP contribution in [0.15, 0.2) is 23.4 Å². The summed E-state index contributed by atoms with van der Waals surface area (Å²) in [6.45, 7) is 6.19. The maximum Gasteiger partial charge on any atom is 0.00515 e. The van der Waals surface area contributed by atoms with Crippen LogP contribution in [0.2, 0.25) is 0 Å². The van der Waals surface area contributed by atoms with Gasteiger partial charge in [-0.2, -0.15) is 0 Å². The molecule has 0 amide bonds. The zero-order valence-electron chi connectivity index (χ0n) is 7.15. The summed E-state index contributed by atoms with van der Waals surface area (Å²) in [4.78, 5) is 0. The van der Waals surface area contributed by atoms with E-state index in [2.05, 4.69) is 19.9 Å². The molecule has 1 heteroatoms. The van der Waals surface area contributed by atoms with Gasteiger partial charge in [0.15, 0.2) is 0 Å². The Kier molecular flexibility index (Phi) is 4.73. The fourth-order valence-corrected chi connectivity index (χ4v) is 0.860. The average Bonchev–Trinajstić information content (AvgIpc) is 1.86. The zero-order chi connectivity index (χ0) is 7.98. The van der Waals surface area contributed by atoms with E-state index in [0.29, 0.717) is 0 Å². The Hall–Kier alpha value is -0.720. The van der Waals surface area contributed by atoms with Crippen LogP contribution in [0.3, 0.4) is 0 Å². The van der Waals surface area contributed by atoms with Gasteiger partial charge < -0.3 is 5.73 Å². The Labute approximate surface area is 63.6 Å². The van der Waals surface area contributed by atoms with Gasteiger partial charge in [-0.15, -0.1) is 0 Å². The third kappa shape index (κ3) is 4.19. The van der Waals surface area contributed by atoms with E-state index in [4.69, 9.17) is 5.73 Å². The molecule has 0 saturated carbocycles. The number of allylic oxidation sites excluding steroid dienone is 4. The van der Waals surface area contributed by atoms with E-state index in [0.717, 1.165) is 18.5 Å². The molecule has 0 saturated heterocycles. The molecule has 0 rings (SSSR count). The summed E-state index contributed by atoms with van der Waals surface area (Å²) in [6.07, 6.45) is 6.40. The third-order valence-electron chi connectivity index (χ3n) is 1.29. The molecular formula is C9H17N. The predicted octanol–water partition coefficient (Wildman–Crippen LogP) is 2.60. The van der Waals surface area contributed by atoms with Crippen LogP contribution in [0, 0.1) is 0 Å². The maximum atomic E-state index is 5.52. The third-order valence-corrected chi connectivity index (χ3v) is 1.29. The van der Waals surface area contributed by atoms with E-state index >= 15 is 0 Å². The molecule has 0 atom stereocenters. The van der Waals surface area contributed by atoms with E-state index in [1.54, 1.807) is 0 Å². The van der Waals surface area contributed by atoms with E-state index in [1.165, 1.54) is 5.57 Å². The predicted molar refractivity (Wildman–Crippen MR) is 46.6 cm³/mol. The van der Waals surface area contributed by atoms with Gasteiger partial charge >= 0.3 is 0 Å². The van der Waals surface area contributed by atoms with Gasteiger partial charge in [-0.1, -0.05) is 25.5 Å². The highest BCUT2D eigenvalue weighted by molar-refractivity contribution is 5.20. The quantitative estimate of drug-likeness (QED) is 0.597. The van der Waals surface area contributed by atoms with E-state index in [9.17, 15) is 0 Å². The lowest BCUT2D eigenvalue weighted by atomic mass is 10.1. The molecule has 0 aliphatic carbocycles. The van der Waals surface area contributed by atoms with E-state index in [1.807, 2.05) is 13.0 Å². The van der Waals surface area contributed by atoms with Gasteiger partial charge in [0, 0.05) is 5.70 Å². The highest BCUT2D eigenvalue weighted by atomic mass is 14.5. The Bertz CT molecular complexity index is 139. The molecule has 0 aliphatic rings. The Balaban J connectivity index is 4.09. The molecule has 0 aliphatic heterocycles. The topological polar surface area (TPSA) is 26.0 Å². The van der Waals surface area contributed by atoms with Gasteiger partial charge in [0.05, 0.1) is 0 Å². The molecule has 0 radical (unpaired) electrons. The first-order valence-corrected chi connectivity index (χ1v) is 3.83. The van der Waals surface area contributed by atoms with Crippen LogP contribution >= 0.6 is 0 Å². The van der Waals surface area contributed by atoms with Crippen molar-refractivity contribution in [2.24, 2.45) is 5.73 Å². The molecule has 0 spiro atoms. The first-order valence-electron chi connectivity index (χ1n) is 3.83. The fourth-order valence-electron chi connectivity index (χ4n) is 0.860. The lowest BCUT2D eigenvalue weighted by Gasteiger charge is -1.96. The Morgan fingerprint density at radius 3 is 2.30 bits per heavy atom. The maximum absolute atomic E-state index is 5.52. The minimum absolute atomic E-state index is 0.890. The normalized spacial score (nSPS) is 13.9. The van der Waals surface area contributed by atoms with Crippen molar-refractivity contribution < 1.29 is 0 Å². The molecule has 0 fully saturated rings. The van der Waals surface area contributed by atoms with Gasteiger partial charge in [0.25, 0.3) is 0 Å². The molecular weight excluding hydrogens is 122 g/mol. The van der Waals surface area contributed by atoms with Crippen molar-refractivity contribution in [3.8, 4) is 0 Å². The summed E-state index contributed by atoms with van der Waals surface area (Å²) >= 11 is 0. The first-order chi connectivity index (χ1) is 4.70. The number of rotatable bonds is 3. The smallest absolute Gasteiger partial charge is 0.00515 e. The van der Waals surface area contributed by atoms with Crippen LogP contribution in [0.4, 0.5) is 0 Å². The molecule has 0 aromatic heterocycles. The van der Waals surface area contributed by atoms with Crippen molar-refractivity contribution >= 4 is 0 Å². The lowest BCUT2D eigenvalue weighted by molar-refractivity contribution is 1.09. The Morgan fingerprint density at radius 1 is 1.40 bits per heavy atom. The summed E-state index contributed by atoms with van der Waals surface area (Å²) in [7, 11) is 0. The van der Waals surface area contributed by atoms with Crippen LogP contribution in [0.25, 0.3) is 0 Å². The monoisotopic (exact) mass is 139 g/mol. The van der Waals surface area contributed by atoms with Gasteiger partial charge in [-0.05, 0) is 25.8 Å². The van der Waals surface area contributed by atoms with Crippen molar-refractivity contribution in [2.75, 3.05) is 0 Å². The van der Waals surface area contributed by atoms with Crippen LogP contribution in [-0.4, -0.2) is 0 Å².